The van der Waals surface area contributed by atoms with Gasteiger partial charge in [-0.25, -0.2) is 9.18 Å². The number of carboxylic acid groups (broad SMARTS) is 1. The van der Waals surface area contributed by atoms with Crippen LogP contribution in [0.4, 0.5) is 15.8 Å². The first-order chi connectivity index (χ1) is 9.82. The molecular weight excluding hydrogens is 285 g/mol. The summed E-state index contributed by atoms with van der Waals surface area (Å²) in [6, 6.07) is 0.763. The minimum atomic E-state index is -1.53. The van der Waals surface area contributed by atoms with Crippen LogP contribution >= 0.6 is 0 Å². The van der Waals surface area contributed by atoms with E-state index in [1.165, 1.54) is 11.8 Å². The van der Waals surface area contributed by atoms with Gasteiger partial charge in [0.05, 0.1) is 16.7 Å². The molecule has 1 fully saturated rings. The molecule has 0 spiro atoms. The molecule has 0 radical (unpaired) electrons. The Balaban J connectivity index is 2.54. The summed E-state index contributed by atoms with van der Waals surface area (Å²) in [7, 11) is 0. The van der Waals surface area contributed by atoms with Gasteiger partial charge in [-0.15, -0.1) is 0 Å². The van der Waals surface area contributed by atoms with Crippen molar-refractivity contribution in [1.82, 2.24) is 5.32 Å². The smallest absolute Gasteiger partial charge is 0.342 e. The van der Waals surface area contributed by atoms with E-state index in [2.05, 4.69) is 5.32 Å². The van der Waals surface area contributed by atoms with Crippen LogP contribution in [-0.4, -0.2) is 41.0 Å². The summed E-state index contributed by atoms with van der Waals surface area (Å²) < 4.78 is 14.1. The zero-order valence-corrected chi connectivity index (χ0v) is 11.0. The summed E-state index contributed by atoms with van der Waals surface area (Å²) in [4.78, 5) is 33.9. The van der Waals surface area contributed by atoms with Gasteiger partial charge < -0.3 is 15.3 Å². The van der Waals surface area contributed by atoms with Crippen LogP contribution in [0.1, 0.15) is 17.3 Å². The molecule has 1 unspecified atom stereocenters. The second-order valence-corrected chi connectivity index (χ2v) is 4.54. The van der Waals surface area contributed by atoms with Gasteiger partial charge in [0.25, 0.3) is 5.69 Å². The van der Waals surface area contributed by atoms with Crippen LogP contribution in [0.15, 0.2) is 12.1 Å². The van der Waals surface area contributed by atoms with Crippen molar-refractivity contribution in [1.29, 1.82) is 0 Å². The maximum atomic E-state index is 14.1. The molecule has 1 aliphatic rings. The van der Waals surface area contributed by atoms with Crippen LogP contribution in [0.25, 0.3) is 0 Å². The quantitative estimate of drug-likeness (QED) is 0.629. The average molecular weight is 297 g/mol. The topological polar surface area (TPSA) is 113 Å². The van der Waals surface area contributed by atoms with Gasteiger partial charge in [0.1, 0.15) is 11.6 Å². The molecule has 112 valence electrons. The molecule has 1 aromatic rings. The maximum Gasteiger partial charge on any atom is 0.342 e. The summed E-state index contributed by atoms with van der Waals surface area (Å²) in [5.41, 5.74) is -1.58. The number of nitrogens with one attached hydrogen (secondary N) is 1. The SMILES string of the molecule is CC1C(=O)NCCN1c1cc(C(=O)O)c([N+](=O)[O-])cc1F. The van der Waals surface area contributed by atoms with Gasteiger partial charge in [0.2, 0.25) is 5.91 Å². The predicted octanol–water partition coefficient (Wildman–Crippen LogP) is 0.757. The number of carboxylic acids is 1. The number of piperazine rings is 1. The Labute approximate surface area is 118 Å². The van der Waals surface area contributed by atoms with E-state index in [0.29, 0.717) is 6.07 Å². The minimum absolute atomic E-state index is 0.139. The Bertz CT molecular complexity index is 634. The van der Waals surface area contributed by atoms with E-state index in [-0.39, 0.29) is 24.7 Å². The molecule has 1 heterocycles. The fourth-order valence-corrected chi connectivity index (χ4v) is 2.21. The highest BCUT2D eigenvalue weighted by Crippen LogP contribution is 2.30. The van der Waals surface area contributed by atoms with Gasteiger partial charge in [-0.3, -0.25) is 14.9 Å². The number of benzene rings is 1. The molecule has 0 saturated carbocycles. The van der Waals surface area contributed by atoms with Crippen LogP contribution in [0.3, 0.4) is 0 Å². The summed E-state index contributed by atoms with van der Waals surface area (Å²) in [5.74, 6) is -2.79. The van der Waals surface area contributed by atoms with E-state index in [4.69, 9.17) is 5.11 Å². The predicted molar refractivity (Wildman–Crippen MR) is 69.8 cm³/mol. The van der Waals surface area contributed by atoms with E-state index in [1.54, 1.807) is 0 Å². The third-order valence-corrected chi connectivity index (χ3v) is 3.30. The maximum absolute atomic E-state index is 14.1. The lowest BCUT2D eigenvalue weighted by Crippen LogP contribution is -2.54. The molecule has 1 atom stereocenters. The fraction of sp³-hybridized carbons (Fsp3) is 0.333. The zero-order valence-electron chi connectivity index (χ0n) is 11.0. The Morgan fingerprint density at radius 2 is 2.24 bits per heavy atom. The monoisotopic (exact) mass is 297 g/mol. The molecule has 1 aromatic carbocycles. The first-order valence-electron chi connectivity index (χ1n) is 6.08. The summed E-state index contributed by atoms with van der Waals surface area (Å²) in [5, 5.41) is 22.4. The van der Waals surface area contributed by atoms with Crippen LogP contribution in [0, 0.1) is 15.9 Å². The van der Waals surface area contributed by atoms with Crippen molar-refractivity contribution in [2.45, 2.75) is 13.0 Å². The van der Waals surface area contributed by atoms with E-state index < -0.39 is 34.0 Å². The number of nitro groups is 1. The van der Waals surface area contributed by atoms with Crippen LogP contribution in [0.5, 0.6) is 0 Å². The molecule has 0 aliphatic carbocycles. The van der Waals surface area contributed by atoms with Gasteiger partial charge in [-0.1, -0.05) is 0 Å². The highest BCUT2D eigenvalue weighted by Gasteiger charge is 2.31. The number of rotatable bonds is 3. The third kappa shape index (κ3) is 2.62. The third-order valence-electron chi connectivity index (χ3n) is 3.30. The molecule has 2 rings (SSSR count). The number of amides is 1. The Morgan fingerprint density at radius 3 is 2.81 bits per heavy atom. The number of aromatic carboxylic acids is 1. The van der Waals surface area contributed by atoms with E-state index in [9.17, 15) is 24.1 Å². The molecule has 9 heteroatoms. The number of anilines is 1. The van der Waals surface area contributed by atoms with Crippen LogP contribution < -0.4 is 10.2 Å². The van der Waals surface area contributed by atoms with E-state index in [1.807, 2.05) is 0 Å². The molecular formula is C12H12FN3O5. The second kappa shape index (κ2) is 5.35. The number of nitrogens with zero attached hydrogens (tertiary/aromatic N) is 2. The van der Waals surface area contributed by atoms with Crippen LogP contribution in [0.2, 0.25) is 0 Å². The molecule has 1 amide bonds. The number of hydrogen-bond donors (Lipinski definition) is 2. The average Bonchev–Trinajstić information content (AvgIpc) is 2.41. The molecule has 8 nitrogen and oxygen atoms in total. The molecule has 1 aliphatic heterocycles. The summed E-state index contributed by atoms with van der Waals surface area (Å²) in [6.07, 6.45) is 0. The van der Waals surface area contributed by atoms with Gasteiger partial charge >= 0.3 is 5.97 Å². The summed E-state index contributed by atoms with van der Waals surface area (Å²) in [6.45, 7) is 2.10. The van der Waals surface area contributed by atoms with Crippen LogP contribution in [-0.2, 0) is 4.79 Å². The molecule has 0 bridgehead atoms. The van der Waals surface area contributed by atoms with Crippen molar-refractivity contribution in [3.8, 4) is 0 Å². The van der Waals surface area contributed by atoms with Crippen molar-refractivity contribution >= 4 is 23.3 Å². The van der Waals surface area contributed by atoms with Crippen molar-refractivity contribution in [3.63, 3.8) is 0 Å². The van der Waals surface area contributed by atoms with Crippen molar-refractivity contribution < 1.29 is 24.0 Å². The summed E-state index contributed by atoms with van der Waals surface area (Å²) >= 11 is 0. The molecule has 1 saturated heterocycles. The Kier molecular flexibility index (Phi) is 3.74. The largest absolute Gasteiger partial charge is 0.477 e. The van der Waals surface area contributed by atoms with Gasteiger partial charge in [-0.05, 0) is 13.0 Å². The van der Waals surface area contributed by atoms with Crippen molar-refractivity contribution in [2.24, 2.45) is 0 Å². The molecule has 2 N–H and O–H groups in total. The standard InChI is InChI=1S/C12H12FN3O5/c1-6-11(17)14-2-3-15(6)10-4-7(12(18)19)9(16(20)21)5-8(10)13/h4-6H,2-3H2,1H3,(H,14,17)(H,18,19). The lowest BCUT2D eigenvalue weighted by Gasteiger charge is -2.34. The number of halogens is 1. The Morgan fingerprint density at radius 1 is 1.57 bits per heavy atom. The van der Waals surface area contributed by atoms with Gasteiger partial charge in [-0.2, -0.15) is 0 Å². The number of hydrogen-bond acceptors (Lipinski definition) is 5. The lowest BCUT2D eigenvalue weighted by atomic mass is 10.1. The van der Waals surface area contributed by atoms with E-state index in [0.717, 1.165) is 6.07 Å². The van der Waals surface area contributed by atoms with Gasteiger partial charge in [0.15, 0.2) is 5.82 Å². The minimum Gasteiger partial charge on any atom is -0.477 e. The normalized spacial score (nSPS) is 18.3. The number of carbonyl (C=O) groups excluding carboxylic acids is 1. The highest BCUT2D eigenvalue weighted by atomic mass is 19.1. The molecule has 0 aromatic heterocycles. The van der Waals surface area contributed by atoms with Gasteiger partial charge in [0, 0.05) is 13.1 Å². The second-order valence-electron chi connectivity index (χ2n) is 4.54. The van der Waals surface area contributed by atoms with Crippen molar-refractivity contribution in [2.75, 3.05) is 18.0 Å². The van der Waals surface area contributed by atoms with E-state index >= 15 is 0 Å². The Hall–Kier alpha value is -2.71. The number of carbonyl (C=O) groups is 2. The first-order valence-corrected chi connectivity index (χ1v) is 6.08. The first kappa shape index (κ1) is 14.7. The lowest BCUT2D eigenvalue weighted by molar-refractivity contribution is -0.385. The number of nitro benzene ring substituents is 1. The molecule has 21 heavy (non-hydrogen) atoms. The van der Waals surface area contributed by atoms with Crippen molar-refractivity contribution in [3.05, 3.63) is 33.6 Å². The fourth-order valence-electron chi connectivity index (χ4n) is 2.21. The zero-order chi connectivity index (χ0) is 15.7. The highest BCUT2D eigenvalue weighted by molar-refractivity contribution is 5.94.